The van der Waals surface area contributed by atoms with Crippen molar-refractivity contribution in [2.45, 2.75) is 38.6 Å². The molecule has 1 amide bonds. The third-order valence-electron chi connectivity index (χ3n) is 4.55. The number of rotatable bonds is 5. The number of ether oxygens (including phenoxy) is 1. The summed E-state index contributed by atoms with van der Waals surface area (Å²) in [6.45, 7) is 8.87. The van der Waals surface area contributed by atoms with E-state index in [1.165, 1.54) is 6.54 Å². The van der Waals surface area contributed by atoms with E-state index in [1.807, 2.05) is 11.8 Å². The van der Waals surface area contributed by atoms with Gasteiger partial charge in [-0.05, 0) is 25.2 Å². The van der Waals surface area contributed by atoms with Crippen molar-refractivity contribution in [1.29, 1.82) is 0 Å². The van der Waals surface area contributed by atoms with Crippen LogP contribution in [-0.2, 0) is 9.53 Å². The molecule has 0 bridgehead atoms. The molecule has 2 heterocycles. The third kappa shape index (κ3) is 4.72. The van der Waals surface area contributed by atoms with Gasteiger partial charge in [-0.25, -0.2) is 0 Å². The lowest BCUT2D eigenvalue weighted by Gasteiger charge is -2.36. The zero-order valence-corrected chi connectivity index (χ0v) is 12.7. The van der Waals surface area contributed by atoms with Gasteiger partial charge in [0.05, 0.1) is 13.2 Å². The van der Waals surface area contributed by atoms with Gasteiger partial charge in [-0.2, -0.15) is 0 Å². The Hall–Kier alpha value is -0.650. The van der Waals surface area contributed by atoms with Crippen LogP contribution in [0.1, 0.15) is 32.6 Å². The van der Waals surface area contributed by atoms with Gasteiger partial charge >= 0.3 is 0 Å². The molecule has 2 fully saturated rings. The van der Waals surface area contributed by atoms with Crippen molar-refractivity contribution < 1.29 is 9.53 Å². The van der Waals surface area contributed by atoms with Crippen LogP contribution in [-0.4, -0.2) is 67.7 Å². The zero-order valence-electron chi connectivity index (χ0n) is 12.7. The molecular formula is C15H29N3O2. The summed E-state index contributed by atoms with van der Waals surface area (Å²) in [5, 5.41) is 0. The predicted molar refractivity (Wildman–Crippen MR) is 79.4 cm³/mol. The van der Waals surface area contributed by atoms with Crippen molar-refractivity contribution in [2.24, 2.45) is 11.7 Å². The second-order valence-electron chi connectivity index (χ2n) is 6.11. The van der Waals surface area contributed by atoms with Crippen molar-refractivity contribution in [2.75, 3.05) is 45.9 Å². The highest BCUT2D eigenvalue weighted by molar-refractivity contribution is 5.76. The number of morpholine rings is 1. The Morgan fingerprint density at radius 1 is 1.25 bits per heavy atom. The number of piperidine rings is 1. The van der Waals surface area contributed by atoms with E-state index in [2.05, 4.69) is 4.90 Å². The van der Waals surface area contributed by atoms with E-state index in [-0.39, 0.29) is 11.9 Å². The SMILES string of the molecule is CCC(N)CC(=O)N1CCC(CN2CCOCC2)CC1. The minimum absolute atomic E-state index is 0.0218. The van der Waals surface area contributed by atoms with Crippen LogP contribution in [0.2, 0.25) is 0 Å². The number of carbonyl (C=O) groups excluding carboxylic acids is 1. The molecule has 0 aromatic carbocycles. The van der Waals surface area contributed by atoms with Crippen molar-refractivity contribution in [3.8, 4) is 0 Å². The molecule has 0 saturated carbocycles. The summed E-state index contributed by atoms with van der Waals surface area (Å²) in [6.07, 6.45) is 3.64. The Bertz CT molecular complexity index is 297. The van der Waals surface area contributed by atoms with Crippen molar-refractivity contribution in [1.82, 2.24) is 9.80 Å². The van der Waals surface area contributed by atoms with Gasteiger partial charge in [0.1, 0.15) is 0 Å². The lowest BCUT2D eigenvalue weighted by Crippen LogP contribution is -2.45. The van der Waals surface area contributed by atoms with Crippen LogP contribution in [0.25, 0.3) is 0 Å². The van der Waals surface area contributed by atoms with Crippen molar-refractivity contribution in [3.05, 3.63) is 0 Å². The molecule has 20 heavy (non-hydrogen) atoms. The Morgan fingerprint density at radius 3 is 2.50 bits per heavy atom. The lowest BCUT2D eigenvalue weighted by molar-refractivity contribution is -0.133. The smallest absolute Gasteiger partial charge is 0.224 e. The molecule has 2 saturated heterocycles. The van der Waals surface area contributed by atoms with Gasteiger partial charge in [0.15, 0.2) is 0 Å². The number of hydrogen-bond acceptors (Lipinski definition) is 4. The van der Waals surface area contributed by atoms with Gasteiger partial charge in [0.2, 0.25) is 5.91 Å². The number of likely N-dealkylation sites (tertiary alicyclic amines) is 1. The summed E-state index contributed by atoms with van der Waals surface area (Å²) in [5.74, 6) is 0.973. The molecule has 0 aromatic rings. The molecule has 2 aliphatic rings. The third-order valence-corrected chi connectivity index (χ3v) is 4.55. The molecule has 5 heteroatoms. The molecule has 0 aromatic heterocycles. The van der Waals surface area contributed by atoms with Gasteiger partial charge in [-0.15, -0.1) is 0 Å². The van der Waals surface area contributed by atoms with Crippen LogP contribution in [0.4, 0.5) is 0 Å². The van der Waals surface area contributed by atoms with Gasteiger partial charge in [0.25, 0.3) is 0 Å². The number of nitrogens with two attached hydrogens (primary N) is 1. The number of hydrogen-bond donors (Lipinski definition) is 1. The molecule has 1 atom stereocenters. The summed E-state index contributed by atoms with van der Waals surface area (Å²) < 4.78 is 5.38. The monoisotopic (exact) mass is 283 g/mol. The second-order valence-corrected chi connectivity index (χ2v) is 6.11. The molecule has 2 rings (SSSR count). The highest BCUT2D eigenvalue weighted by atomic mass is 16.5. The number of amides is 1. The number of nitrogens with zero attached hydrogens (tertiary/aromatic N) is 2. The fraction of sp³-hybridized carbons (Fsp3) is 0.933. The van der Waals surface area contributed by atoms with E-state index in [1.54, 1.807) is 0 Å². The van der Waals surface area contributed by atoms with E-state index in [0.717, 1.165) is 64.6 Å². The summed E-state index contributed by atoms with van der Waals surface area (Å²) in [6, 6.07) is 0.0218. The topological polar surface area (TPSA) is 58.8 Å². The maximum atomic E-state index is 12.1. The Kier molecular flexibility index (Phi) is 6.26. The molecule has 5 nitrogen and oxygen atoms in total. The molecule has 2 N–H and O–H groups in total. The minimum atomic E-state index is 0.0218. The normalized spacial score (nSPS) is 23.8. The molecule has 0 spiro atoms. The number of carbonyl (C=O) groups is 1. The maximum absolute atomic E-state index is 12.1. The molecule has 2 aliphatic heterocycles. The first-order valence-corrected chi connectivity index (χ1v) is 8.02. The van der Waals surface area contributed by atoms with Gasteiger partial charge in [-0.1, -0.05) is 6.92 Å². The highest BCUT2D eigenvalue weighted by Gasteiger charge is 2.25. The minimum Gasteiger partial charge on any atom is -0.379 e. The first-order chi connectivity index (χ1) is 9.69. The van der Waals surface area contributed by atoms with Crippen LogP contribution >= 0.6 is 0 Å². The van der Waals surface area contributed by atoms with Crippen LogP contribution < -0.4 is 5.73 Å². The Labute approximate surface area is 122 Å². The summed E-state index contributed by atoms with van der Waals surface area (Å²) >= 11 is 0. The standard InChI is InChI=1S/C15H29N3O2/c1-2-14(16)11-15(19)18-5-3-13(4-6-18)12-17-7-9-20-10-8-17/h13-14H,2-12,16H2,1H3. The molecule has 0 aliphatic carbocycles. The molecule has 0 radical (unpaired) electrons. The van der Waals surface area contributed by atoms with Crippen LogP contribution in [0.15, 0.2) is 0 Å². The fourth-order valence-corrected chi connectivity index (χ4v) is 3.01. The van der Waals surface area contributed by atoms with Crippen LogP contribution in [0.3, 0.4) is 0 Å². The largest absolute Gasteiger partial charge is 0.379 e. The zero-order chi connectivity index (χ0) is 14.4. The molecular weight excluding hydrogens is 254 g/mol. The van der Waals surface area contributed by atoms with E-state index in [9.17, 15) is 4.79 Å². The van der Waals surface area contributed by atoms with E-state index < -0.39 is 0 Å². The van der Waals surface area contributed by atoms with Crippen LogP contribution in [0, 0.1) is 5.92 Å². The van der Waals surface area contributed by atoms with Crippen LogP contribution in [0.5, 0.6) is 0 Å². The van der Waals surface area contributed by atoms with E-state index >= 15 is 0 Å². The van der Waals surface area contributed by atoms with Gasteiger partial charge in [-0.3, -0.25) is 9.69 Å². The molecule has 116 valence electrons. The van der Waals surface area contributed by atoms with Crippen molar-refractivity contribution >= 4 is 5.91 Å². The quantitative estimate of drug-likeness (QED) is 0.806. The van der Waals surface area contributed by atoms with Crippen molar-refractivity contribution in [3.63, 3.8) is 0 Å². The van der Waals surface area contributed by atoms with Gasteiger partial charge < -0.3 is 15.4 Å². The van der Waals surface area contributed by atoms with Gasteiger partial charge in [0, 0.05) is 45.2 Å². The van der Waals surface area contributed by atoms with E-state index in [4.69, 9.17) is 10.5 Å². The lowest BCUT2D eigenvalue weighted by atomic mass is 9.95. The average Bonchev–Trinajstić information content (AvgIpc) is 2.49. The molecule has 1 unspecified atom stereocenters. The first kappa shape index (κ1) is 15.7. The summed E-state index contributed by atoms with van der Waals surface area (Å²) in [5.41, 5.74) is 5.87. The maximum Gasteiger partial charge on any atom is 0.224 e. The fourth-order valence-electron chi connectivity index (χ4n) is 3.01. The highest BCUT2D eigenvalue weighted by Crippen LogP contribution is 2.19. The predicted octanol–water partition coefficient (Wildman–Crippen LogP) is 0.685. The summed E-state index contributed by atoms with van der Waals surface area (Å²) in [4.78, 5) is 16.6. The Morgan fingerprint density at radius 2 is 1.90 bits per heavy atom. The first-order valence-electron chi connectivity index (χ1n) is 8.02. The average molecular weight is 283 g/mol. The van der Waals surface area contributed by atoms with E-state index in [0.29, 0.717) is 6.42 Å². The summed E-state index contributed by atoms with van der Waals surface area (Å²) in [7, 11) is 0. The second kappa shape index (κ2) is 7.96. The Balaban J connectivity index is 1.67.